The highest BCUT2D eigenvalue weighted by atomic mass is 16.5. The molecule has 116 valence electrons. The highest BCUT2D eigenvalue weighted by Gasteiger charge is 2.34. The van der Waals surface area contributed by atoms with Crippen LogP contribution < -0.4 is 5.32 Å². The predicted octanol–water partition coefficient (Wildman–Crippen LogP) is 1.84. The van der Waals surface area contributed by atoms with Crippen molar-refractivity contribution in [3.8, 4) is 0 Å². The zero-order valence-electron chi connectivity index (χ0n) is 12.8. The lowest BCUT2D eigenvalue weighted by molar-refractivity contribution is -0.137. The Hall–Kier alpha value is -1.30. The predicted molar refractivity (Wildman–Crippen MR) is 75.7 cm³/mol. The van der Waals surface area contributed by atoms with Crippen LogP contribution in [0.4, 0.5) is 4.79 Å². The minimum Gasteiger partial charge on any atom is -0.481 e. The summed E-state index contributed by atoms with van der Waals surface area (Å²) in [5.41, 5.74) is -0.373. The number of amides is 2. The van der Waals surface area contributed by atoms with Gasteiger partial charge in [-0.2, -0.15) is 0 Å². The van der Waals surface area contributed by atoms with Gasteiger partial charge in [-0.25, -0.2) is 4.79 Å². The van der Waals surface area contributed by atoms with Gasteiger partial charge in [-0.1, -0.05) is 13.3 Å². The van der Waals surface area contributed by atoms with Gasteiger partial charge in [-0.15, -0.1) is 0 Å². The largest absolute Gasteiger partial charge is 0.481 e. The maximum atomic E-state index is 12.3. The third kappa shape index (κ3) is 5.36. The normalized spacial score (nSPS) is 23.2. The van der Waals surface area contributed by atoms with Crippen LogP contribution in [0.2, 0.25) is 0 Å². The van der Waals surface area contributed by atoms with Crippen molar-refractivity contribution in [1.82, 2.24) is 10.2 Å². The summed E-state index contributed by atoms with van der Waals surface area (Å²) in [7, 11) is 0. The maximum absolute atomic E-state index is 12.3. The average molecular weight is 286 g/mol. The summed E-state index contributed by atoms with van der Waals surface area (Å²) in [6, 6.07) is -0.515. The van der Waals surface area contributed by atoms with E-state index in [9.17, 15) is 9.59 Å². The van der Waals surface area contributed by atoms with E-state index in [4.69, 9.17) is 9.84 Å². The van der Waals surface area contributed by atoms with Crippen LogP contribution in [0.1, 0.15) is 47.0 Å². The Morgan fingerprint density at radius 2 is 2.15 bits per heavy atom. The van der Waals surface area contributed by atoms with Crippen LogP contribution in [-0.4, -0.2) is 52.8 Å². The number of urea groups is 1. The molecule has 1 fully saturated rings. The molecule has 0 aromatic heterocycles. The number of morpholine rings is 1. The van der Waals surface area contributed by atoms with Crippen LogP contribution in [0, 0.1) is 0 Å². The minimum absolute atomic E-state index is 0.0198. The number of nitrogens with one attached hydrogen (secondary N) is 1. The Labute approximate surface area is 120 Å². The SMILES string of the molecule is CCCC(CC(=O)O)NC(=O)N1CC(C)OC(C)(C)C1. The van der Waals surface area contributed by atoms with Crippen molar-refractivity contribution in [2.45, 2.75) is 64.7 Å². The molecule has 1 aliphatic heterocycles. The zero-order chi connectivity index (χ0) is 15.3. The van der Waals surface area contributed by atoms with E-state index < -0.39 is 5.97 Å². The van der Waals surface area contributed by atoms with Crippen molar-refractivity contribution in [2.75, 3.05) is 13.1 Å². The molecule has 0 spiro atoms. The van der Waals surface area contributed by atoms with E-state index in [1.807, 2.05) is 27.7 Å². The first-order valence-electron chi connectivity index (χ1n) is 7.18. The Balaban J connectivity index is 2.61. The standard InChI is InChI=1S/C14H26N2O4/c1-5-6-11(7-12(17)18)15-13(19)16-8-10(2)20-14(3,4)9-16/h10-11H,5-9H2,1-4H3,(H,15,19)(H,17,18). The van der Waals surface area contributed by atoms with E-state index in [2.05, 4.69) is 5.32 Å². The van der Waals surface area contributed by atoms with Crippen molar-refractivity contribution in [1.29, 1.82) is 0 Å². The van der Waals surface area contributed by atoms with E-state index in [1.54, 1.807) is 4.90 Å². The van der Waals surface area contributed by atoms with Gasteiger partial charge in [-0.3, -0.25) is 4.79 Å². The summed E-state index contributed by atoms with van der Waals surface area (Å²) >= 11 is 0. The van der Waals surface area contributed by atoms with Gasteiger partial charge < -0.3 is 20.1 Å². The quantitative estimate of drug-likeness (QED) is 0.808. The van der Waals surface area contributed by atoms with Gasteiger partial charge in [0.15, 0.2) is 0 Å². The Morgan fingerprint density at radius 3 is 2.65 bits per heavy atom. The van der Waals surface area contributed by atoms with Crippen molar-refractivity contribution in [2.24, 2.45) is 0 Å². The van der Waals surface area contributed by atoms with Crippen molar-refractivity contribution < 1.29 is 19.4 Å². The van der Waals surface area contributed by atoms with E-state index >= 15 is 0 Å². The second kappa shape index (κ2) is 6.92. The lowest BCUT2D eigenvalue weighted by atomic mass is 10.1. The fourth-order valence-corrected chi connectivity index (χ4v) is 2.66. The van der Waals surface area contributed by atoms with Gasteiger partial charge in [0.1, 0.15) is 0 Å². The number of ether oxygens (including phenoxy) is 1. The van der Waals surface area contributed by atoms with Crippen molar-refractivity contribution >= 4 is 12.0 Å². The number of rotatable bonds is 5. The molecule has 6 nitrogen and oxygen atoms in total. The van der Waals surface area contributed by atoms with Gasteiger partial charge in [0, 0.05) is 12.6 Å². The number of carbonyl (C=O) groups excluding carboxylic acids is 1. The van der Waals surface area contributed by atoms with Crippen molar-refractivity contribution in [3.05, 3.63) is 0 Å². The van der Waals surface area contributed by atoms with Gasteiger partial charge >= 0.3 is 12.0 Å². The number of carboxylic acid groups (broad SMARTS) is 1. The van der Waals surface area contributed by atoms with Gasteiger partial charge in [0.2, 0.25) is 0 Å². The van der Waals surface area contributed by atoms with Crippen LogP contribution in [-0.2, 0) is 9.53 Å². The van der Waals surface area contributed by atoms with Crippen LogP contribution >= 0.6 is 0 Å². The molecule has 0 aliphatic carbocycles. The molecule has 2 unspecified atom stereocenters. The Morgan fingerprint density at radius 1 is 1.50 bits per heavy atom. The average Bonchev–Trinajstić information content (AvgIpc) is 2.25. The van der Waals surface area contributed by atoms with Crippen LogP contribution in [0.25, 0.3) is 0 Å². The Bertz CT molecular complexity index is 357. The molecule has 6 heteroatoms. The first-order valence-corrected chi connectivity index (χ1v) is 7.18. The molecule has 0 aromatic carbocycles. The molecule has 1 rings (SSSR count). The molecule has 1 aliphatic rings. The summed E-state index contributed by atoms with van der Waals surface area (Å²) in [6.07, 6.45) is 1.45. The smallest absolute Gasteiger partial charge is 0.317 e. The molecule has 0 bridgehead atoms. The molecule has 0 radical (unpaired) electrons. The molecular weight excluding hydrogens is 260 g/mol. The second-order valence-electron chi connectivity index (χ2n) is 6.10. The highest BCUT2D eigenvalue weighted by molar-refractivity contribution is 5.76. The molecule has 1 heterocycles. The van der Waals surface area contributed by atoms with E-state index in [-0.39, 0.29) is 30.2 Å². The first-order chi connectivity index (χ1) is 9.23. The summed E-state index contributed by atoms with van der Waals surface area (Å²) in [5.74, 6) is -0.889. The maximum Gasteiger partial charge on any atom is 0.317 e. The summed E-state index contributed by atoms with van der Waals surface area (Å²) in [5, 5.41) is 11.7. The molecule has 2 atom stereocenters. The monoisotopic (exact) mass is 286 g/mol. The fraction of sp³-hybridized carbons (Fsp3) is 0.857. The highest BCUT2D eigenvalue weighted by Crippen LogP contribution is 2.20. The summed E-state index contributed by atoms with van der Waals surface area (Å²) in [6.45, 7) is 8.84. The number of carbonyl (C=O) groups is 2. The number of hydrogen-bond donors (Lipinski definition) is 2. The number of hydrogen-bond acceptors (Lipinski definition) is 3. The third-order valence-corrected chi connectivity index (χ3v) is 3.24. The minimum atomic E-state index is -0.889. The molecule has 0 saturated carbocycles. The lowest BCUT2D eigenvalue weighted by Crippen LogP contribution is -2.57. The zero-order valence-corrected chi connectivity index (χ0v) is 12.8. The molecule has 20 heavy (non-hydrogen) atoms. The van der Waals surface area contributed by atoms with Gasteiger partial charge in [0.25, 0.3) is 0 Å². The van der Waals surface area contributed by atoms with Gasteiger partial charge in [-0.05, 0) is 27.2 Å². The third-order valence-electron chi connectivity index (χ3n) is 3.24. The van der Waals surface area contributed by atoms with E-state index in [1.165, 1.54) is 0 Å². The van der Waals surface area contributed by atoms with E-state index in [0.29, 0.717) is 19.5 Å². The molecular formula is C14H26N2O4. The number of aliphatic carboxylic acids is 1. The first kappa shape index (κ1) is 16.8. The fourth-order valence-electron chi connectivity index (χ4n) is 2.66. The lowest BCUT2D eigenvalue weighted by Gasteiger charge is -2.42. The molecule has 2 N–H and O–H groups in total. The van der Waals surface area contributed by atoms with E-state index in [0.717, 1.165) is 6.42 Å². The Kier molecular flexibility index (Phi) is 5.80. The van der Waals surface area contributed by atoms with Crippen molar-refractivity contribution in [3.63, 3.8) is 0 Å². The molecule has 2 amide bonds. The number of carboxylic acids is 1. The second-order valence-corrected chi connectivity index (χ2v) is 6.10. The molecule has 0 aromatic rings. The summed E-state index contributed by atoms with van der Waals surface area (Å²) in [4.78, 5) is 24.8. The topological polar surface area (TPSA) is 78.9 Å². The van der Waals surface area contributed by atoms with Crippen LogP contribution in [0.15, 0.2) is 0 Å². The summed E-state index contributed by atoms with van der Waals surface area (Å²) < 4.78 is 5.76. The molecule has 1 saturated heterocycles. The number of nitrogens with zero attached hydrogens (tertiary/aromatic N) is 1. The van der Waals surface area contributed by atoms with Gasteiger partial charge in [0.05, 0.1) is 24.7 Å². The van der Waals surface area contributed by atoms with Crippen LogP contribution in [0.3, 0.4) is 0 Å². The van der Waals surface area contributed by atoms with Crippen LogP contribution in [0.5, 0.6) is 0 Å².